The van der Waals surface area contributed by atoms with Crippen molar-refractivity contribution in [2.24, 2.45) is 5.73 Å². The topological polar surface area (TPSA) is 50.9 Å². The average Bonchev–Trinajstić information content (AvgIpc) is 2.66. The van der Waals surface area contributed by atoms with Gasteiger partial charge in [-0.15, -0.1) is 0 Å². The van der Waals surface area contributed by atoms with Gasteiger partial charge in [-0.1, -0.05) is 26.3 Å². The van der Waals surface area contributed by atoms with E-state index in [0.717, 1.165) is 19.4 Å². The molecule has 1 saturated heterocycles. The second-order valence-electron chi connectivity index (χ2n) is 4.94. The van der Waals surface area contributed by atoms with E-state index in [-0.39, 0.29) is 5.66 Å². The minimum atomic E-state index is -0.199. The summed E-state index contributed by atoms with van der Waals surface area (Å²) in [6.07, 6.45) is 8.13. The molecule has 1 aromatic heterocycles. The van der Waals surface area contributed by atoms with Gasteiger partial charge in [-0.2, -0.15) is 0 Å². The number of nitrogens with one attached hydrogen (secondary N) is 1. The Morgan fingerprint density at radius 1 is 1.41 bits per heavy atom. The van der Waals surface area contributed by atoms with Crippen LogP contribution in [0, 0.1) is 6.92 Å². The highest BCUT2D eigenvalue weighted by atomic mass is 15.1. The molecule has 3 heteroatoms. The van der Waals surface area contributed by atoms with Gasteiger partial charge < -0.3 is 5.73 Å². The molecule has 1 aromatic rings. The number of hydrogen-bond donors (Lipinski definition) is 2. The monoisotopic (exact) mass is 235 g/mol. The van der Waals surface area contributed by atoms with Crippen LogP contribution in [0.1, 0.15) is 44.2 Å². The van der Waals surface area contributed by atoms with E-state index < -0.39 is 0 Å². The van der Waals surface area contributed by atoms with Crippen LogP contribution in [-0.4, -0.2) is 17.2 Å². The average molecular weight is 235 g/mol. The number of pyridine rings is 1. The maximum Gasteiger partial charge on any atom is 0.0704 e. The van der Waals surface area contributed by atoms with Gasteiger partial charge in [0.05, 0.1) is 5.66 Å². The molecule has 96 valence electrons. The second kappa shape index (κ2) is 6.72. The van der Waals surface area contributed by atoms with E-state index in [9.17, 15) is 0 Å². The van der Waals surface area contributed by atoms with Crippen LogP contribution in [0.2, 0.25) is 0 Å². The molecule has 0 spiro atoms. The highest BCUT2D eigenvalue weighted by Gasteiger charge is 2.28. The molecule has 1 atom stereocenters. The molecule has 2 rings (SSSR count). The SMILES string of the molecule is CCC.Cc1cncc(CC2(N)CCCN2)c1. The standard InChI is InChI=1S/C11H17N3.C3H8/c1-9-5-10(8-13-7-9)6-11(12)3-2-4-14-11;1-3-2/h5,7-8,14H,2-4,6,12H2,1H3;3H2,1-2H3. The molecular formula is C14H25N3. The predicted molar refractivity (Wildman–Crippen MR) is 72.8 cm³/mol. The van der Waals surface area contributed by atoms with Crippen LogP contribution in [0.25, 0.3) is 0 Å². The molecule has 3 N–H and O–H groups in total. The Balaban J connectivity index is 0.000000437. The number of nitrogens with zero attached hydrogens (tertiary/aromatic N) is 1. The molecular weight excluding hydrogens is 210 g/mol. The van der Waals surface area contributed by atoms with Gasteiger partial charge in [0, 0.05) is 18.8 Å². The lowest BCUT2D eigenvalue weighted by Crippen LogP contribution is -2.50. The molecule has 3 nitrogen and oxygen atoms in total. The van der Waals surface area contributed by atoms with Crippen molar-refractivity contribution in [2.75, 3.05) is 6.54 Å². The number of hydrogen-bond acceptors (Lipinski definition) is 3. The highest BCUT2D eigenvalue weighted by Crippen LogP contribution is 2.18. The molecule has 1 aliphatic rings. The van der Waals surface area contributed by atoms with Gasteiger partial charge in [0.15, 0.2) is 0 Å². The lowest BCUT2D eigenvalue weighted by Gasteiger charge is -2.24. The van der Waals surface area contributed by atoms with Gasteiger partial charge in [0.25, 0.3) is 0 Å². The fourth-order valence-corrected chi connectivity index (χ4v) is 2.06. The molecule has 1 aliphatic heterocycles. The molecule has 17 heavy (non-hydrogen) atoms. The van der Waals surface area contributed by atoms with Crippen molar-refractivity contribution in [1.29, 1.82) is 0 Å². The van der Waals surface area contributed by atoms with Crippen molar-refractivity contribution in [1.82, 2.24) is 10.3 Å². The molecule has 0 saturated carbocycles. The minimum absolute atomic E-state index is 0.199. The molecule has 0 aliphatic carbocycles. The fourth-order valence-electron chi connectivity index (χ4n) is 2.06. The second-order valence-corrected chi connectivity index (χ2v) is 4.94. The molecule has 1 unspecified atom stereocenters. The Morgan fingerprint density at radius 2 is 2.12 bits per heavy atom. The summed E-state index contributed by atoms with van der Waals surface area (Å²) in [4.78, 5) is 4.17. The van der Waals surface area contributed by atoms with Crippen molar-refractivity contribution < 1.29 is 0 Å². The summed E-state index contributed by atoms with van der Waals surface area (Å²) >= 11 is 0. The molecule has 0 aromatic carbocycles. The van der Waals surface area contributed by atoms with Crippen molar-refractivity contribution in [3.05, 3.63) is 29.6 Å². The first kappa shape index (κ1) is 14.1. The first-order valence-electron chi connectivity index (χ1n) is 6.54. The van der Waals surface area contributed by atoms with Gasteiger partial charge in [-0.05, 0) is 37.4 Å². The third-order valence-electron chi connectivity index (χ3n) is 2.73. The van der Waals surface area contributed by atoms with Crippen LogP contribution in [0.15, 0.2) is 18.5 Å². The van der Waals surface area contributed by atoms with Crippen molar-refractivity contribution in [3.63, 3.8) is 0 Å². The summed E-state index contributed by atoms with van der Waals surface area (Å²) in [5.74, 6) is 0. The van der Waals surface area contributed by atoms with Gasteiger partial charge in [0.1, 0.15) is 0 Å². The summed E-state index contributed by atoms with van der Waals surface area (Å²) in [6, 6.07) is 2.15. The molecule has 2 heterocycles. The van der Waals surface area contributed by atoms with Gasteiger partial charge in [-0.3, -0.25) is 10.3 Å². The van der Waals surface area contributed by atoms with E-state index in [0.29, 0.717) is 0 Å². The van der Waals surface area contributed by atoms with Crippen LogP contribution in [-0.2, 0) is 6.42 Å². The zero-order valence-electron chi connectivity index (χ0n) is 11.3. The van der Waals surface area contributed by atoms with Crippen LogP contribution in [0.5, 0.6) is 0 Å². The molecule has 0 bridgehead atoms. The third kappa shape index (κ3) is 4.84. The maximum absolute atomic E-state index is 6.20. The van der Waals surface area contributed by atoms with Gasteiger partial charge in [0.2, 0.25) is 0 Å². The van der Waals surface area contributed by atoms with Crippen LogP contribution in [0.4, 0.5) is 0 Å². The zero-order chi connectivity index (χ0) is 12.7. The Kier molecular flexibility index (Phi) is 5.59. The quantitative estimate of drug-likeness (QED) is 0.827. The van der Waals surface area contributed by atoms with E-state index in [4.69, 9.17) is 5.73 Å². The summed E-state index contributed by atoms with van der Waals surface area (Å²) in [7, 11) is 0. The Morgan fingerprint density at radius 3 is 2.65 bits per heavy atom. The maximum atomic E-state index is 6.20. The number of nitrogens with two attached hydrogens (primary N) is 1. The molecule has 0 amide bonds. The number of aromatic nitrogens is 1. The summed E-state index contributed by atoms with van der Waals surface area (Å²) in [6.45, 7) is 7.34. The van der Waals surface area contributed by atoms with Crippen LogP contribution < -0.4 is 11.1 Å². The van der Waals surface area contributed by atoms with E-state index in [2.05, 4.69) is 37.1 Å². The largest absolute Gasteiger partial charge is 0.313 e. The highest BCUT2D eigenvalue weighted by molar-refractivity contribution is 5.19. The van der Waals surface area contributed by atoms with Crippen LogP contribution >= 0.6 is 0 Å². The molecule has 0 radical (unpaired) electrons. The van der Waals surface area contributed by atoms with E-state index >= 15 is 0 Å². The normalized spacial score (nSPS) is 23.1. The summed E-state index contributed by atoms with van der Waals surface area (Å²) < 4.78 is 0. The van der Waals surface area contributed by atoms with E-state index in [1.165, 1.54) is 24.0 Å². The minimum Gasteiger partial charge on any atom is -0.313 e. The lowest BCUT2D eigenvalue weighted by atomic mass is 9.99. The van der Waals surface area contributed by atoms with Crippen molar-refractivity contribution >= 4 is 0 Å². The molecule has 1 fully saturated rings. The van der Waals surface area contributed by atoms with E-state index in [1.54, 1.807) is 0 Å². The van der Waals surface area contributed by atoms with E-state index in [1.807, 2.05) is 12.4 Å². The number of rotatable bonds is 2. The Hall–Kier alpha value is -0.930. The van der Waals surface area contributed by atoms with Gasteiger partial charge in [-0.25, -0.2) is 0 Å². The first-order chi connectivity index (χ1) is 8.09. The zero-order valence-corrected chi connectivity index (χ0v) is 11.3. The lowest BCUT2D eigenvalue weighted by molar-refractivity contribution is 0.388. The summed E-state index contributed by atoms with van der Waals surface area (Å²) in [5, 5.41) is 3.35. The smallest absolute Gasteiger partial charge is 0.0704 e. The number of aryl methyl sites for hydroxylation is 1. The fraction of sp³-hybridized carbons (Fsp3) is 0.643. The Labute approximate surface area is 105 Å². The Bertz CT molecular complexity index is 330. The first-order valence-corrected chi connectivity index (χ1v) is 6.54. The van der Waals surface area contributed by atoms with Gasteiger partial charge >= 0.3 is 0 Å². The third-order valence-corrected chi connectivity index (χ3v) is 2.73. The van der Waals surface area contributed by atoms with Crippen molar-refractivity contribution in [3.8, 4) is 0 Å². The predicted octanol–water partition coefficient (Wildman–Crippen LogP) is 2.39. The van der Waals surface area contributed by atoms with Crippen LogP contribution in [0.3, 0.4) is 0 Å². The van der Waals surface area contributed by atoms with Crippen molar-refractivity contribution in [2.45, 2.75) is 52.1 Å². The summed E-state index contributed by atoms with van der Waals surface area (Å²) in [5.41, 5.74) is 8.43.